The van der Waals surface area contributed by atoms with Crippen molar-refractivity contribution in [1.82, 2.24) is 10.2 Å². The van der Waals surface area contributed by atoms with Crippen molar-refractivity contribution < 1.29 is 23.8 Å². The van der Waals surface area contributed by atoms with Crippen LogP contribution in [0.1, 0.15) is 37.0 Å². The molecule has 0 saturated carbocycles. The summed E-state index contributed by atoms with van der Waals surface area (Å²) in [5.74, 6) is 0.473. The van der Waals surface area contributed by atoms with Gasteiger partial charge in [-0.25, -0.2) is 0 Å². The normalized spacial score (nSPS) is 26.3. The number of amides is 2. The molecule has 8 nitrogen and oxygen atoms in total. The van der Waals surface area contributed by atoms with Gasteiger partial charge in [0.25, 0.3) is 5.91 Å². The number of nitrogens with zero attached hydrogens (tertiary/aromatic N) is 1. The third-order valence-corrected chi connectivity index (χ3v) is 6.08. The third kappa shape index (κ3) is 6.18. The van der Waals surface area contributed by atoms with Gasteiger partial charge in [0.05, 0.1) is 11.7 Å². The zero-order valence-corrected chi connectivity index (χ0v) is 19.0. The molecule has 2 amide bonds. The lowest BCUT2D eigenvalue weighted by Gasteiger charge is -2.30. The maximum Gasteiger partial charge on any atom is 0.257 e. The van der Waals surface area contributed by atoms with Crippen LogP contribution in [-0.2, 0) is 14.3 Å². The number of likely N-dealkylation sites (N-methyl/N-ethyl adjacent to an activating group) is 1. The topological polar surface area (TPSA) is 89.1 Å². The van der Waals surface area contributed by atoms with Crippen LogP contribution >= 0.6 is 0 Å². The van der Waals surface area contributed by atoms with Gasteiger partial charge in [0.2, 0.25) is 5.91 Å². The van der Waals surface area contributed by atoms with Crippen LogP contribution in [0.5, 0.6) is 5.75 Å². The number of hydrogen-bond acceptors (Lipinski definition) is 6. The summed E-state index contributed by atoms with van der Waals surface area (Å²) in [6.45, 7) is 7.03. The van der Waals surface area contributed by atoms with E-state index in [2.05, 4.69) is 24.5 Å². The van der Waals surface area contributed by atoms with E-state index >= 15 is 0 Å². The third-order valence-electron chi connectivity index (χ3n) is 6.08. The molecule has 3 atom stereocenters. The van der Waals surface area contributed by atoms with Crippen molar-refractivity contribution in [1.29, 1.82) is 0 Å². The van der Waals surface area contributed by atoms with Crippen LogP contribution in [0.2, 0.25) is 0 Å². The number of methoxy groups -OCH3 is 1. The summed E-state index contributed by atoms with van der Waals surface area (Å²) >= 11 is 0. The summed E-state index contributed by atoms with van der Waals surface area (Å²) in [5.41, 5.74) is 1.03. The molecular formula is C23H35N3O5. The van der Waals surface area contributed by atoms with Gasteiger partial charge in [-0.2, -0.15) is 0 Å². The predicted octanol–water partition coefficient (Wildman–Crippen LogP) is 2.15. The predicted molar refractivity (Wildman–Crippen MR) is 118 cm³/mol. The van der Waals surface area contributed by atoms with Crippen molar-refractivity contribution >= 4 is 17.5 Å². The molecule has 3 rings (SSSR count). The molecule has 0 bridgehead atoms. The molecule has 0 spiro atoms. The molecule has 0 radical (unpaired) electrons. The average Bonchev–Trinajstić information content (AvgIpc) is 2.79. The van der Waals surface area contributed by atoms with E-state index in [1.807, 2.05) is 0 Å². The molecule has 0 aromatic heterocycles. The van der Waals surface area contributed by atoms with Crippen LogP contribution in [0.15, 0.2) is 18.2 Å². The van der Waals surface area contributed by atoms with Gasteiger partial charge in [0, 0.05) is 58.1 Å². The lowest BCUT2D eigenvalue weighted by atomic mass is 9.99. The van der Waals surface area contributed by atoms with Gasteiger partial charge in [-0.3, -0.25) is 9.59 Å². The van der Waals surface area contributed by atoms with Crippen molar-refractivity contribution in [2.45, 2.75) is 38.8 Å². The Morgan fingerprint density at radius 1 is 1.26 bits per heavy atom. The number of benzene rings is 1. The number of fused-ring (bicyclic) bond motifs is 1. The summed E-state index contributed by atoms with van der Waals surface area (Å²) in [6.07, 6.45) is 1.33. The summed E-state index contributed by atoms with van der Waals surface area (Å²) in [4.78, 5) is 27.6. The van der Waals surface area contributed by atoms with E-state index < -0.39 is 0 Å². The van der Waals surface area contributed by atoms with Crippen LogP contribution in [0.25, 0.3) is 0 Å². The molecule has 2 aliphatic rings. The Hall–Kier alpha value is -2.16. The lowest BCUT2D eigenvalue weighted by molar-refractivity contribution is -0.122. The lowest BCUT2D eigenvalue weighted by Crippen LogP contribution is -2.44. The fourth-order valence-corrected chi connectivity index (χ4v) is 3.94. The number of ether oxygens (including phenoxy) is 3. The van der Waals surface area contributed by atoms with Gasteiger partial charge in [0.15, 0.2) is 0 Å². The maximum atomic E-state index is 13.3. The Bertz CT molecular complexity index is 766. The molecule has 0 unspecified atom stereocenters. The molecule has 2 aliphatic heterocycles. The monoisotopic (exact) mass is 433 g/mol. The van der Waals surface area contributed by atoms with Gasteiger partial charge >= 0.3 is 0 Å². The second-order valence-corrected chi connectivity index (χ2v) is 8.64. The molecule has 1 saturated heterocycles. The van der Waals surface area contributed by atoms with E-state index in [-0.39, 0.29) is 35.8 Å². The molecule has 2 heterocycles. The Balaban J connectivity index is 1.83. The Kier molecular flexibility index (Phi) is 8.28. The second kappa shape index (κ2) is 10.9. The first kappa shape index (κ1) is 23.5. The highest BCUT2D eigenvalue weighted by atomic mass is 16.5. The maximum absolute atomic E-state index is 13.3. The van der Waals surface area contributed by atoms with Crippen LogP contribution in [0.3, 0.4) is 0 Å². The Labute approximate surface area is 184 Å². The van der Waals surface area contributed by atoms with E-state index in [0.717, 1.165) is 6.54 Å². The van der Waals surface area contributed by atoms with Crippen LogP contribution in [-0.4, -0.2) is 75.9 Å². The Morgan fingerprint density at radius 2 is 2.00 bits per heavy atom. The van der Waals surface area contributed by atoms with Crippen molar-refractivity contribution in [3.05, 3.63) is 23.8 Å². The highest BCUT2D eigenvalue weighted by Gasteiger charge is 2.26. The largest absolute Gasteiger partial charge is 0.491 e. The molecular weight excluding hydrogens is 398 g/mol. The number of anilines is 1. The minimum absolute atomic E-state index is 0.0378. The highest BCUT2D eigenvalue weighted by Crippen LogP contribution is 2.26. The molecule has 172 valence electrons. The van der Waals surface area contributed by atoms with Crippen molar-refractivity contribution in [2.75, 3.05) is 52.4 Å². The molecule has 1 aromatic carbocycles. The second-order valence-electron chi connectivity index (χ2n) is 8.64. The number of nitrogens with one attached hydrogen (secondary N) is 2. The van der Waals surface area contributed by atoms with Gasteiger partial charge in [-0.1, -0.05) is 6.92 Å². The molecule has 8 heteroatoms. The van der Waals surface area contributed by atoms with Gasteiger partial charge in [-0.15, -0.1) is 0 Å². The zero-order chi connectivity index (χ0) is 22.4. The summed E-state index contributed by atoms with van der Waals surface area (Å²) in [6, 6.07) is 5.37. The molecule has 0 aliphatic carbocycles. The first-order valence-electron chi connectivity index (χ1n) is 11.1. The average molecular weight is 434 g/mol. The number of carbonyl (C=O) groups is 2. The van der Waals surface area contributed by atoms with E-state index in [1.54, 1.807) is 37.3 Å². The fraction of sp³-hybridized carbons (Fsp3) is 0.652. The molecule has 2 N–H and O–H groups in total. The van der Waals surface area contributed by atoms with Crippen LogP contribution in [0, 0.1) is 11.8 Å². The van der Waals surface area contributed by atoms with E-state index in [0.29, 0.717) is 56.2 Å². The van der Waals surface area contributed by atoms with E-state index in [1.165, 1.54) is 0 Å². The van der Waals surface area contributed by atoms with Gasteiger partial charge in [-0.05, 0) is 43.9 Å². The van der Waals surface area contributed by atoms with E-state index in [4.69, 9.17) is 14.2 Å². The molecule has 1 fully saturated rings. The Morgan fingerprint density at radius 3 is 2.71 bits per heavy atom. The minimum atomic E-state index is -0.160. The first-order valence-corrected chi connectivity index (χ1v) is 11.1. The SMILES string of the molecule is CO[C@H]1CN(C)C(=O)c2cc(NC(=O)C3CCOCC3)ccc2OC[C@@H](C)NC[C@H]1C. The van der Waals surface area contributed by atoms with Crippen LogP contribution < -0.4 is 15.4 Å². The van der Waals surface area contributed by atoms with Gasteiger partial charge in [0.1, 0.15) is 12.4 Å². The van der Waals surface area contributed by atoms with Crippen molar-refractivity contribution in [3.63, 3.8) is 0 Å². The molecule has 1 aromatic rings. The first-order chi connectivity index (χ1) is 14.9. The van der Waals surface area contributed by atoms with Gasteiger partial charge < -0.3 is 29.7 Å². The summed E-state index contributed by atoms with van der Waals surface area (Å²) in [7, 11) is 3.44. The molecule has 31 heavy (non-hydrogen) atoms. The number of rotatable bonds is 3. The quantitative estimate of drug-likeness (QED) is 0.759. The minimum Gasteiger partial charge on any atom is -0.491 e. The number of hydrogen-bond donors (Lipinski definition) is 2. The van der Waals surface area contributed by atoms with Crippen LogP contribution in [0.4, 0.5) is 5.69 Å². The van der Waals surface area contributed by atoms with E-state index in [9.17, 15) is 9.59 Å². The standard InChI is InChI=1S/C23H35N3O5/c1-15-12-24-16(2)14-31-20-6-5-18(25-22(27)17-7-9-30-10-8-17)11-19(20)23(28)26(3)13-21(15)29-4/h5-6,11,15-17,21,24H,7-10,12-14H2,1-4H3,(H,25,27)/t15-,16-,21+/m1/s1. The summed E-state index contributed by atoms with van der Waals surface area (Å²) in [5, 5.41) is 6.43. The smallest absolute Gasteiger partial charge is 0.257 e. The zero-order valence-electron chi connectivity index (χ0n) is 19.0. The fourth-order valence-electron chi connectivity index (χ4n) is 3.94. The number of carbonyl (C=O) groups excluding carboxylic acids is 2. The van der Waals surface area contributed by atoms with Crippen molar-refractivity contribution in [3.8, 4) is 5.75 Å². The van der Waals surface area contributed by atoms with Crippen molar-refractivity contribution in [2.24, 2.45) is 11.8 Å². The summed E-state index contributed by atoms with van der Waals surface area (Å²) < 4.78 is 17.0. The highest BCUT2D eigenvalue weighted by molar-refractivity contribution is 5.99.